The lowest BCUT2D eigenvalue weighted by Gasteiger charge is -2.11. The van der Waals surface area contributed by atoms with E-state index in [0.717, 1.165) is 49.8 Å². The molecule has 4 nitrogen and oxygen atoms in total. The second-order valence-corrected chi connectivity index (χ2v) is 13.7. The van der Waals surface area contributed by atoms with E-state index in [9.17, 15) is 0 Å². The van der Waals surface area contributed by atoms with Crippen LogP contribution < -0.4 is 0 Å². The fourth-order valence-corrected chi connectivity index (χ4v) is 7.80. The first-order valence-corrected chi connectivity index (χ1v) is 18.1. The van der Waals surface area contributed by atoms with Gasteiger partial charge in [0.25, 0.3) is 0 Å². The van der Waals surface area contributed by atoms with Crippen molar-refractivity contribution in [2.24, 2.45) is 0 Å². The highest BCUT2D eigenvalue weighted by Gasteiger charge is 2.19. The minimum Gasteiger partial charge on any atom is -0.456 e. The average molecular weight is 692 g/mol. The van der Waals surface area contributed by atoms with Crippen LogP contribution in [-0.4, -0.2) is 15.0 Å². The molecule has 10 aromatic rings. The van der Waals surface area contributed by atoms with Gasteiger partial charge in [-0.15, -0.1) is 0 Å². The van der Waals surface area contributed by atoms with Gasteiger partial charge in [-0.05, 0) is 91.8 Å². The van der Waals surface area contributed by atoms with E-state index < -0.39 is 0 Å². The summed E-state index contributed by atoms with van der Waals surface area (Å²) in [5.74, 6) is 1.71. The van der Waals surface area contributed by atoms with Crippen molar-refractivity contribution in [3.8, 4) is 33.9 Å². The number of benzene rings is 8. The van der Waals surface area contributed by atoms with Crippen molar-refractivity contribution in [2.45, 2.75) is 6.92 Å². The summed E-state index contributed by atoms with van der Waals surface area (Å²) in [6.45, 7) is 6.35. The second kappa shape index (κ2) is 12.8. The molecule has 8 aromatic carbocycles. The summed E-state index contributed by atoms with van der Waals surface area (Å²) in [6, 6.07) is 54.9. The third-order valence-corrected chi connectivity index (χ3v) is 10.5. The van der Waals surface area contributed by atoms with Crippen molar-refractivity contribution < 1.29 is 4.42 Å². The Labute approximate surface area is 312 Å². The van der Waals surface area contributed by atoms with Crippen molar-refractivity contribution in [3.63, 3.8) is 0 Å². The minimum atomic E-state index is 0.552. The van der Waals surface area contributed by atoms with E-state index in [-0.39, 0.29) is 0 Å². The lowest BCUT2D eigenvalue weighted by Crippen LogP contribution is -2.02. The summed E-state index contributed by atoms with van der Waals surface area (Å²) < 4.78 is 6.62. The molecule has 10 rings (SSSR count). The number of furan rings is 1. The second-order valence-electron chi connectivity index (χ2n) is 13.7. The first kappa shape index (κ1) is 31.6. The summed E-state index contributed by atoms with van der Waals surface area (Å²) in [5.41, 5.74) is 8.73. The van der Waals surface area contributed by atoms with Gasteiger partial charge in [-0.1, -0.05) is 146 Å². The third-order valence-electron chi connectivity index (χ3n) is 10.5. The zero-order valence-corrected chi connectivity index (χ0v) is 29.6. The molecular weight excluding hydrogens is 659 g/mol. The van der Waals surface area contributed by atoms with Gasteiger partial charge in [0.2, 0.25) is 0 Å². The van der Waals surface area contributed by atoms with Crippen molar-refractivity contribution in [1.29, 1.82) is 0 Å². The lowest BCUT2D eigenvalue weighted by molar-refractivity contribution is 0.669. The maximum atomic E-state index is 6.62. The van der Waals surface area contributed by atoms with Gasteiger partial charge in [0, 0.05) is 27.5 Å². The number of nitrogens with zero attached hydrogens (tertiary/aromatic N) is 3. The van der Waals surface area contributed by atoms with Crippen molar-refractivity contribution in [3.05, 3.63) is 187 Å². The monoisotopic (exact) mass is 691 g/mol. The van der Waals surface area contributed by atoms with Crippen LogP contribution in [0.15, 0.2) is 175 Å². The lowest BCUT2D eigenvalue weighted by atomic mass is 9.93. The van der Waals surface area contributed by atoms with E-state index in [1.165, 1.54) is 43.4 Å². The fraction of sp³-hybridized carbons (Fsp3) is 0.0200. The first-order valence-electron chi connectivity index (χ1n) is 18.1. The third kappa shape index (κ3) is 5.27. The van der Waals surface area contributed by atoms with Crippen LogP contribution in [0.1, 0.15) is 17.0 Å². The molecule has 4 heteroatoms. The molecule has 54 heavy (non-hydrogen) atoms. The number of allylic oxidation sites excluding steroid dienone is 2. The first-order chi connectivity index (χ1) is 26.6. The Hall–Kier alpha value is -7.17. The molecular formula is C50H33N3O. The van der Waals surface area contributed by atoms with E-state index in [1.54, 1.807) is 0 Å². The van der Waals surface area contributed by atoms with Crippen molar-refractivity contribution >= 4 is 65.9 Å². The quantitative estimate of drug-likeness (QED) is 0.129. The Kier molecular flexibility index (Phi) is 7.48. The maximum Gasteiger partial charge on any atom is 0.164 e. The summed E-state index contributed by atoms with van der Waals surface area (Å²) in [5, 5.41) is 9.30. The molecule has 0 aliphatic carbocycles. The number of hydrogen-bond donors (Lipinski definition) is 0. The fourth-order valence-electron chi connectivity index (χ4n) is 7.80. The van der Waals surface area contributed by atoms with Crippen LogP contribution >= 0.6 is 0 Å². The average Bonchev–Trinajstić information content (AvgIpc) is 3.62. The van der Waals surface area contributed by atoms with Crippen LogP contribution in [0.4, 0.5) is 0 Å². The Bertz CT molecular complexity index is 3140. The number of rotatable bonds is 6. The molecule has 0 bridgehead atoms. The van der Waals surface area contributed by atoms with Crippen LogP contribution in [0.3, 0.4) is 0 Å². The van der Waals surface area contributed by atoms with Gasteiger partial charge in [-0.25, -0.2) is 15.0 Å². The summed E-state index contributed by atoms with van der Waals surface area (Å²) in [6.07, 6.45) is 3.95. The summed E-state index contributed by atoms with van der Waals surface area (Å²) in [4.78, 5) is 15.3. The summed E-state index contributed by atoms with van der Waals surface area (Å²) >= 11 is 0. The Morgan fingerprint density at radius 2 is 1.24 bits per heavy atom. The highest BCUT2D eigenvalue weighted by molar-refractivity contribution is 6.16. The normalized spacial score (nSPS) is 12.0. The molecule has 0 fully saturated rings. The highest BCUT2D eigenvalue weighted by atomic mass is 16.3. The Balaban J connectivity index is 1.15. The van der Waals surface area contributed by atoms with Gasteiger partial charge >= 0.3 is 0 Å². The van der Waals surface area contributed by atoms with Crippen molar-refractivity contribution in [1.82, 2.24) is 15.0 Å². The maximum absolute atomic E-state index is 6.62. The molecule has 0 unspecified atom stereocenters. The Morgan fingerprint density at radius 1 is 0.519 bits per heavy atom. The predicted molar refractivity (Wildman–Crippen MR) is 225 cm³/mol. The molecule has 0 saturated heterocycles. The zero-order chi connectivity index (χ0) is 36.2. The minimum absolute atomic E-state index is 0.552. The van der Waals surface area contributed by atoms with Gasteiger partial charge in [0.05, 0.1) is 0 Å². The van der Waals surface area contributed by atoms with E-state index in [0.29, 0.717) is 17.5 Å². The molecule has 2 aromatic heterocycles. The molecule has 0 spiro atoms. The molecule has 0 amide bonds. The molecule has 2 heterocycles. The van der Waals surface area contributed by atoms with E-state index in [1.807, 2.05) is 48.5 Å². The Morgan fingerprint density at radius 3 is 2.07 bits per heavy atom. The van der Waals surface area contributed by atoms with Gasteiger partial charge in [0.1, 0.15) is 11.2 Å². The standard InChI is InChI=1S/C50H33N3O/c1-3-32(28-35-25-24-33-14-7-9-18-38(33)31(35)2)48-51-49(34-15-5-4-6-16-34)53-50(52-48)43-22-13-23-45-47(43)42-27-26-37(30-46(42)54-45)44-29-36-17-8-10-19-39(36)40-20-11-12-21-41(40)44/h3-30H,1H2,2H3/b32-28+. The SMILES string of the molecule is C=C/C(=C\c1ccc2ccccc2c1C)c1nc(-c2ccccc2)nc(-c2cccc3oc4cc(-c5cc6ccccc6c6ccccc56)ccc4c23)n1. The highest BCUT2D eigenvalue weighted by Crippen LogP contribution is 2.40. The molecule has 0 radical (unpaired) electrons. The van der Waals surface area contributed by atoms with Crippen LogP contribution in [0, 0.1) is 6.92 Å². The number of hydrogen-bond acceptors (Lipinski definition) is 4. The zero-order valence-electron chi connectivity index (χ0n) is 29.6. The summed E-state index contributed by atoms with van der Waals surface area (Å²) in [7, 11) is 0. The van der Waals surface area contributed by atoms with E-state index in [2.05, 4.69) is 135 Å². The van der Waals surface area contributed by atoms with Gasteiger partial charge < -0.3 is 4.42 Å². The van der Waals surface area contributed by atoms with E-state index >= 15 is 0 Å². The van der Waals surface area contributed by atoms with Gasteiger partial charge in [0.15, 0.2) is 17.5 Å². The smallest absolute Gasteiger partial charge is 0.164 e. The molecule has 0 N–H and O–H groups in total. The topological polar surface area (TPSA) is 51.8 Å². The van der Waals surface area contributed by atoms with Crippen LogP contribution in [0.25, 0.3) is 99.8 Å². The molecule has 254 valence electrons. The molecule has 0 atom stereocenters. The number of aromatic nitrogens is 3. The van der Waals surface area contributed by atoms with Crippen molar-refractivity contribution in [2.75, 3.05) is 0 Å². The van der Waals surface area contributed by atoms with E-state index in [4.69, 9.17) is 19.4 Å². The van der Waals surface area contributed by atoms with Gasteiger partial charge in [-0.3, -0.25) is 0 Å². The molecule has 0 aliphatic heterocycles. The number of aryl methyl sites for hydroxylation is 1. The van der Waals surface area contributed by atoms with Crippen LogP contribution in [-0.2, 0) is 0 Å². The molecule has 0 saturated carbocycles. The van der Waals surface area contributed by atoms with Crippen LogP contribution in [0.5, 0.6) is 0 Å². The largest absolute Gasteiger partial charge is 0.456 e. The van der Waals surface area contributed by atoms with Gasteiger partial charge in [-0.2, -0.15) is 0 Å². The number of fused-ring (bicyclic) bond motifs is 7. The molecule has 0 aliphatic rings. The van der Waals surface area contributed by atoms with Crippen LogP contribution in [0.2, 0.25) is 0 Å². The predicted octanol–water partition coefficient (Wildman–Crippen LogP) is 13.3.